The maximum atomic E-state index is 5.76. The molecule has 2 N–H and O–H groups in total. The highest BCUT2D eigenvalue weighted by Gasteiger charge is 2.19. The molecule has 11 heavy (non-hydrogen) atoms. The summed E-state index contributed by atoms with van der Waals surface area (Å²) in [6, 6.07) is 0.388. The van der Waals surface area contributed by atoms with E-state index in [-0.39, 0.29) is 0 Å². The van der Waals surface area contributed by atoms with Gasteiger partial charge in [0.2, 0.25) is 0 Å². The predicted molar refractivity (Wildman–Crippen MR) is 45.5 cm³/mol. The van der Waals surface area contributed by atoms with Crippen molar-refractivity contribution in [2.45, 2.75) is 25.5 Å². The average molecular weight is 158 g/mol. The molecule has 0 bridgehead atoms. The number of methoxy groups -OCH3 is 1. The third-order valence-corrected chi connectivity index (χ3v) is 2.23. The molecule has 66 valence electrons. The Kier molecular flexibility index (Phi) is 3.30. The van der Waals surface area contributed by atoms with E-state index in [9.17, 15) is 0 Å². The van der Waals surface area contributed by atoms with Gasteiger partial charge in [-0.25, -0.2) is 0 Å². The number of nitrogens with two attached hydrogens (primary N) is 1. The SMILES string of the molecule is COC(C)CN1CC[C@@H](N)C1. The van der Waals surface area contributed by atoms with Gasteiger partial charge in [0, 0.05) is 26.2 Å². The molecule has 0 radical (unpaired) electrons. The molecule has 1 unspecified atom stereocenters. The number of hydrogen-bond donors (Lipinski definition) is 1. The number of likely N-dealkylation sites (tertiary alicyclic amines) is 1. The Morgan fingerprint density at radius 1 is 1.73 bits per heavy atom. The van der Waals surface area contributed by atoms with Crippen LogP contribution < -0.4 is 5.73 Å². The Bertz CT molecular complexity index is 119. The average Bonchev–Trinajstić information content (AvgIpc) is 2.35. The molecule has 1 aliphatic rings. The highest BCUT2D eigenvalue weighted by molar-refractivity contribution is 4.78. The largest absolute Gasteiger partial charge is 0.380 e. The van der Waals surface area contributed by atoms with E-state index in [0.29, 0.717) is 12.1 Å². The number of ether oxygens (including phenoxy) is 1. The zero-order valence-corrected chi connectivity index (χ0v) is 7.42. The first-order valence-electron chi connectivity index (χ1n) is 4.23. The van der Waals surface area contributed by atoms with Gasteiger partial charge in [0.25, 0.3) is 0 Å². The van der Waals surface area contributed by atoms with E-state index in [4.69, 9.17) is 10.5 Å². The van der Waals surface area contributed by atoms with Crippen molar-refractivity contribution in [2.75, 3.05) is 26.7 Å². The van der Waals surface area contributed by atoms with Crippen LogP contribution in [-0.2, 0) is 4.74 Å². The first-order valence-corrected chi connectivity index (χ1v) is 4.23. The summed E-state index contributed by atoms with van der Waals surface area (Å²) < 4.78 is 5.16. The van der Waals surface area contributed by atoms with E-state index in [0.717, 1.165) is 26.1 Å². The van der Waals surface area contributed by atoms with Crippen LogP contribution in [-0.4, -0.2) is 43.8 Å². The Morgan fingerprint density at radius 3 is 2.91 bits per heavy atom. The summed E-state index contributed by atoms with van der Waals surface area (Å²) in [5.41, 5.74) is 5.76. The highest BCUT2D eigenvalue weighted by Crippen LogP contribution is 2.07. The fraction of sp³-hybridized carbons (Fsp3) is 1.00. The predicted octanol–water partition coefficient (Wildman–Crippen LogP) is 0.0543. The van der Waals surface area contributed by atoms with Crippen LogP contribution in [0.15, 0.2) is 0 Å². The van der Waals surface area contributed by atoms with Gasteiger partial charge in [-0.2, -0.15) is 0 Å². The molecule has 0 aromatic rings. The van der Waals surface area contributed by atoms with Gasteiger partial charge >= 0.3 is 0 Å². The van der Waals surface area contributed by atoms with Crippen LogP contribution in [0.25, 0.3) is 0 Å². The van der Waals surface area contributed by atoms with Crippen molar-refractivity contribution in [2.24, 2.45) is 5.73 Å². The van der Waals surface area contributed by atoms with E-state index in [1.807, 2.05) is 0 Å². The lowest BCUT2D eigenvalue weighted by atomic mass is 10.3. The number of nitrogens with zero attached hydrogens (tertiary/aromatic N) is 1. The lowest BCUT2D eigenvalue weighted by Gasteiger charge is -2.18. The Labute approximate surface area is 68.5 Å². The van der Waals surface area contributed by atoms with Crippen LogP contribution in [0.2, 0.25) is 0 Å². The molecule has 0 aromatic carbocycles. The van der Waals surface area contributed by atoms with Gasteiger partial charge in [-0.3, -0.25) is 4.90 Å². The van der Waals surface area contributed by atoms with Gasteiger partial charge in [-0.1, -0.05) is 0 Å². The fourth-order valence-corrected chi connectivity index (χ4v) is 1.47. The van der Waals surface area contributed by atoms with Crippen LogP contribution >= 0.6 is 0 Å². The van der Waals surface area contributed by atoms with E-state index in [1.54, 1.807) is 7.11 Å². The third-order valence-electron chi connectivity index (χ3n) is 2.23. The minimum absolute atomic E-state index is 0.334. The minimum Gasteiger partial charge on any atom is -0.380 e. The molecule has 1 aliphatic heterocycles. The van der Waals surface area contributed by atoms with E-state index in [1.165, 1.54) is 0 Å². The molecule has 3 heteroatoms. The third kappa shape index (κ3) is 2.77. The summed E-state index contributed by atoms with van der Waals surface area (Å²) in [4.78, 5) is 2.36. The Balaban J connectivity index is 2.17. The molecule has 0 saturated carbocycles. The second-order valence-corrected chi connectivity index (χ2v) is 3.35. The minimum atomic E-state index is 0.334. The first kappa shape index (κ1) is 8.97. The molecule has 1 saturated heterocycles. The second kappa shape index (κ2) is 4.04. The van der Waals surface area contributed by atoms with Gasteiger partial charge in [-0.15, -0.1) is 0 Å². The normalized spacial score (nSPS) is 29.2. The zero-order chi connectivity index (χ0) is 8.27. The molecule has 0 amide bonds. The highest BCUT2D eigenvalue weighted by atomic mass is 16.5. The summed E-state index contributed by atoms with van der Waals surface area (Å²) in [5.74, 6) is 0. The molecule has 1 rings (SSSR count). The van der Waals surface area contributed by atoms with Crippen molar-refractivity contribution in [1.82, 2.24) is 4.90 Å². The quantitative estimate of drug-likeness (QED) is 0.631. The number of hydrogen-bond acceptors (Lipinski definition) is 3. The summed E-state index contributed by atoms with van der Waals surface area (Å²) in [6.45, 7) is 5.27. The zero-order valence-electron chi connectivity index (χ0n) is 7.42. The van der Waals surface area contributed by atoms with Gasteiger partial charge < -0.3 is 10.5 Å². The lowest BCUT2D eigenvalue weighted by Crippen LogP contribution is -2.32. The molecular weight excluding hydrogens is 140 g/mol. The Hall–Kier alpha value is -0.120. The Morgan fingerprint density at radius 2 is 2.45 bits per heavy atom. The van der Waals surface area contributed by atoms with Crippen molar-refractivity contribution in [3.63, 3.8) is 0 Å². The molecule has 2 atom stereocenters. The van der Waals surface area contributed by atoms with Gasteiger partial charge in [-0.05, 0) is 19.9 Å². The topological polar surface area (TPSA) is 38.5 Å². The van der Waals surface area contributed by atoms with Gasteiger partial charge in [0.15, 0.2) is 0 Å². The first-order chi connectivity index (χ1) is 5.22. The van der Waals surface area contributed by atoms with E-state index >= 15 is 0 Å². The van der Waals surface area contributed by atoms with Crippen molar-refractivity contribution in [1.29, 1.82) is 0 Å². The summed E-state index contributed by atoms with van der Waals surface area (Å²) in [7, 11) is 1.75. The molecule has 1 heterocycles. The van der Waals surface area contributed by atoms with Crippen molar-refractivity contribution in [3.8, 4) is 0 Å². The molecule has 3 nitrogen and oxygen atoms in total. The van der Waals surface area contributed by atoms with E-state index in [2.05, 4.69) is 11.8 Å². The van der Waals surface area contributed by atoms with Crippen LogP contribution in [0.3, 0.4) is 0 Å². The van der Waals surface area contributed by atoms with Crippen LogP contribution in [0, 0.1) is 0 Å². The summed E-state index contributed by atoms with van der Waals surface area (Å²) in [5, 5.41) is 0. The smallest absolute Gasteiger partial charge is 0.0670 e. The summed E-state index contributed by atoms with van der Waals surface area (Å²) in [6.07, 6.45) is 1.47. The lowest BCUT2D eigenvalue weighted by molar-refractivity contribution is 0.0848. The number of rotatable bonds is 3. The van der Waals surface area contributed by atoms with Gasteiger partial charge in [0.05, 0.1) is 6.10 Å². The van der Waals surface area contributed by atoms with Gasteiger partial charge in [0.1, 0.15) is 0 Å². The molecule has 0 aromatic heterocycles. The molecule has 0 aliphatic carbocycles. The van der Waals surface area contributed by atoms with Crippen molar-refractivity contribution >= 4 is 0 Å². The van der Waals surface area contributed by atoms with Crippen molar-refractivity contribution in [3.05, 3.63) is 0 Å². The van der Waals surface area contributed by atoms with Crippen LogP contribution in [0.1, 0.15) is 13.3 Å². The monoisotopic (exact) mass is 158 g/mol. The van der Waals surface area contributed by atoms with Crippen LogP contribution in [0.5, 0.6) is 0 Å². The van der Waals surface area contributed by atoms with E-state index < -0.39 is 0 Å². The van der Waals surface area contributed by atoms with Crippen LogP contribution in [0.4, 0.5) is 0 Å². The molecular formula is C8H18N2O. The fourth-order valence-electron chi connectivity index (χ4n) is 1.47. The standard InChI is InChI=1S/C8H18N2O/c1-7(11-2)5-10-4-3-8(9)6-10/h7-8H,3-6,9H2,1-2H3/t7?,8-/m1/s1. The summed E-state index contributed by atoms with van der Waals surface area (Å²) >= 11 is 0. The second-order valence-electron chi connectivity index (χ2n) is 3.35. The maximum Gasteiger partial charge on any atom is 0.0670 e. The molecule has 1 fully saturated rings. The van der Waals surface area contributed by atoms with Crippen molar-refractivity contribution < 1.29 is 4.74 Å². The molecule has 0 spiro atoms. The maximum absolute atomic E-state index is 5.76.